The molecule has 2 N–H and O–H groups in total. The van der Waals surface area contributed by atoms with E-state index >= 15 is 0 Å². The number of hydrogen-bond donors (Lipinski definition) is 2. The Morgan fingerprint density at radius 3 is 2.32 bits per heavy atom. The summed E-state index contributed by atoms with van der Waals surface area (Å²) in [4.78, 5) is 12.5. The van der Waals surface area contributed by atoms with Crippen LogP contribution in [0.2, 0.25) is 5.02 Å². The van der Waals surface area contributed by atoms with Crippen molar-refractivity contribution in [3.8, 4) is 5.75 Å². The third-order valence-electron chi connectivity index (χ3n) is 4.30. The maximum absolute atomic E-state index is 13.2. The molecular weight excluding hydrogens is 438 g/mol. The quantitative estimate of drug-likeness (QED) is 0.400. The number of aromatic hydroxyl groups is 1. The van der Waals surface area contributed by atoms with Gasteiger partial charge >= 0.3 is 0 Å². The number of hydrazone groups is 1. The number of phenols is 1. The summed E-state index contributed by atoms with van der Waals surface area (Å²) in [5.74, 6) is -0.614. The van der Waals surface area contributed by atoms with Crippen molar-refractivity contribution in [3.63, 3.8) is 0 Å². The van der Waals surface area contributed by atoms with Gasteiger partial charge in [0.1, 0.15) is 5.75 Å². The number of hydrogen-bond acceptors (Lipinski definition) is 5. The number of carbonyl (C=O) groups excluding carboxylic acids is 1. The van der Waals surface area contributed by atoms with E-state index in [2.05, 4.69) is 10.5 Å². The Bertz CT molecular complexity index is 1170. The first-order valence-corrected chi connectivity index (χ1v) is 11.1. The Labute approximate surface area is 185 Å². The molecule has 0 radical (unpaired) electrons. The molecule has 0 fully saturated rings. The predicted molar refractivity (Wildman–Crippen MR) is 119 cm³/mol. The van der Waals surface area contributed by atoms with E-state index in [9.17, 15) is 18.3 Å². The first-order valence-electron chi connectivity index (χ1n) is 9.26. The molecule has 0 spiro atoms. The highest BCUT2D eigenvalue weighted by molar-refractivity contribution is 7.89. The number of benzene rings is 3. The number of phenolic OH excluding ortho intramolecular Hbond substituents is 1. The van der Waals surface area contributed by atoms with Crippen molar-refractivity contribution >= 4 is 33.7 Å². The highest BCUT2D eigenvalue weighted by Crippen LogP contribution is 2.20. The lowest BCUT2D eigenvalue weighted by Gasteiger charge is -2.21. The highest BCUT2D eigenvalue weighted by atomic mass is 35.5. The van der Waals surface area contributed by atoms with Crippen molar-refractivity contribution < 1.29 is 18.3 Å². The van der Waals surface area contributed by atoms with E-state index in [1.54, 1.807) is 42.5 Å². The lowest BCUT2D eigenvalue weighted by Crippen LogP contribution is -2.39. The summed E-state index contributed by atoms with van der Waals surface area (Å²) >= 11 is 5.87. The number of nitrogens with zero attached hydrogens (tertiary/aromatic N) is 2. The third-order valence-corrected chi connectivity index (χ3v) is 6.36. The van der Waals surface area contributed by atoms with Crippen molar-refractivity contribution in [2.75, 3.05) is 6.54 Å². The average Bonchev–Trinajstić information content (AvgIpc) is 2.76. The van der Waals surface area contributed by atoms with Gasteiger partial charge in [-0.25, -0.2) is 13.8 Å². The molecule has 0 unspecified atom stereocenters. The number of carbonyl (C=O) groups is 1. The number of halogens is 1. The number of rotatable bonds is 8. The zero-order valence-electron chi connectivity index (χ0n) is 16.3. The molecule has 7 nitrogen and oxygen atoms in total. The average molecular weight is 458 g/mol. The van der Waals surface area contributed by atoms with Crippen molar-refractivity contribution in [1.82, 2.24) is 9.73 Å². The van der Waals surface area contributed by atoms with Crippen molar-refractivity contribution in [2.24, 2.45) is 5.10 Å². The summed E-state index contributed by atoms with van der Waals surface area (Å²) in [7, 11) is -3.97. The second kappa shape index (κ2) is 10.2. The molecular formula is C22H20ClN3O4S. The second-order valence-electron chi connectivity index (χ2n) is 6.56. The normalized spacial score (nSPS) is 11.7. The van der Waals surface area contributed by atoms with Gasteiger partial charge in [-0.2, -0.15) is 9.41 Å². The Hall–Kier alpha value is -3.20. The van der Waals surface area contributed by atoms with E-state index < -0.39 is 22.5 Å². The molecule has 0 atom stereocenters. The molecule has 0 heterocycles. The van der Waals surface area contributed by atoms with E-state index in [4.69, 9.17) is 11.6 Å². The molecule has 3 rings (SSSR count). The number of nitrogens with one attached hydrogen (secondary N) is 1. The summed E-state index contributed by atoms with van der Waals surface area (Å²) < 4.78 is 27.4. The SMILES string of the molecule is O=C(CN(Cc1ccccc1)S(=O)(=O)c1ccc(Cl)cc1)N/N=C\c1ccccc1O. The van der Waals surface area contributed by atoms with Gasteiger partial charge in [0.2, 0.25) is 10.0 Å². The Morgan fingerprint density at radius 1 is 1.00 bits per heavy atom. The van der Waals surface area contributed by atoms with Crippen LogP contribution < -0.4 is 5.43 Å². The molecule has 0 aliphatic rings. The van der Waals surface area contributed by atoms with Gasteiger partial charge < -0.3 is 5.11 Å². The van der Waals surface area contributed by atoms with Crippen LogP contribution in [0.15, 0.2) is 88.9 Å². The van der Waals surface area contributed by atoms with Crippen LogP contribution in [0.3, 0.4) is 0 Å². The highest BCUT2D eigenvalue weighted by Gasteiger charge is 2.27. The van der Waals surface area contributed by atoms with Gasteiger partial charge in [0.15, 0.2) is 0 Å². The van der Waals surface area contributed by atoms with E-state index in [1.165, 1.54) is 36.5 Å². The first kappa shape index (κ1) is 22.5. The van der Waals surface area contributed by atoms with Crippen molar-refractivity contribution in [2.45, 2.75) is 11.4 Å². The Morgan fingerprint density at radius 2 is 1.65 bits per heavy atom. The number of sulfonamides is 1. The topological polar surface area (TPSA) is 99.1 Å². The van der Waals surface area contributed by atoms with E-state index in [0.717, 1.165) is 9.87 Å². The zero-order valence-corrected chi connectivity index (χ0v) is 17.9. The van der Waals surface area contributed by atoms with Crippen LogP contribution in [0.1, 0.15) is 11.1 Å². The van der Waals surface area contributed by atoms with Crippen molar-refractivity contribution in [1.29, 1.82) is 0 Å². The minimum absolute atomic E-state index is 0.00239. The maximum Gasteiger partial charge on any atom is 0.255 e. The number of amides is 1. The minimum Gasteiger partial charge on any atom is -0.507 e. The Balaban J connectivity index is 1.78. The minimum atomic E-state index is -3.97. The van der Waals surface area contributed by atoms with Crippen LogP contribution in [-0.2, 0) is 21.4 Å². The zero-order chi connectivity index (χ0) is 22.3. The van der Waals surface area contributed by atoms with Gasteiger partial charge in [-0.15, -0.1) is 0 Å². The van der Waals surface area contributed by atoms with E-state index in [-0.39, 0.29) is 17.2 Å². The fourth-order valence-electron chi connectivity index (χ4n) is 2.73. The van der Waals surface area contributed by atoms with E-state index in [1.807, 2.05) is 6.07 Å². The van der Waals surface area contributed by atoms with E-state index in [0.29, 0.717) is 10.6 Å². The molecule has 0 saturated carbocycles. The molecule has 1 amide bonds. The molecule has 0 saturated heterocycles. The van der Waals surface area contributed by atoms with Gasteiger partial charge in [-0.05, 0) is 42.0 Å². The third kappa shape index (κ3) is 6.14. The summed E-state index contributed by atoms with van der Waals surface area (Å²) in [6.07, 6.45) is 1.28. The van der Waals surface area contributed by atoms with Gasteiger partial charge in [0, 0.05) is 17.1 Å². The van der Waals surface area contributed by atoms with Crippen LogP contribution in [0, 0.1) is 0 Å². The standard InChI is InChI=1S/C22H20ClN3O4S/c23-19-10-12-20(13-11-19)31(29,30)26(15-17-6-2-1-3-7-17)16-22(28)25-24-14-18-8-4-5-9-21(18)27/h1-14,27H,15-16H2,(H,25,28)/b24-14-. The van der Waals surface area contributed by atoms with Crippen LogP contribution >= 0.6 is 11.6 Å². The largest absolute Gasteiger partial charge is 0.507 e. The number of para-hydroxylation sites is 1. The molecule has 0 aliphatic heterocycles. The molecule has 3 aromatic rings. The summed E-state index contributed by atoms with van der Waals surface area (Å²) in [6, 6.07) is 21.2. The van der Waals surface area contributed by atoms with Crippen molar-refractivity contribution in [3.05, 3.63) is 95.0 Å². The summed E-state index contributed by atoms with van der Waals surface area (Å²) in [6.45, 7) is -0.444. The van der Waals surface area contributed by atoms with Crippen LogP contribution in [0.25, 0.3) is 0 Å². The van der Waals surface area contributed by atoms with Crippen LogP contribution in [0.5, 0.6) is 5.75 Å². The molecule has 3 aromatic carbocycles. The Kier molecular flexibility index (Phi) is 7.41. The fourth-order valence-corrected chi connectivity index (χ4v) is 4.24. The monoisotopic (exact) mass is 457 g/mol. The van der Waals surface area contributed by atoms with Gasteiger partial charge in [-0.1, -0.05) is 54.1 Å². The summed E-state index contributed by atoms with van der Waals surface area (Å²) in [5, 5.41) is 13.9. The maximum atomic E-state index is 13.2. The summed E-state index contributed by atoms with van der Waals surface area (Å²) in [5.41, 5.74) is 3.44. The molecule has 0 aromatic heterocycles. The molecule has 31 heavy (non-hydrogen) atoms. The first-order chi connectivity index (χ1) is 14.9. The molecule has 9 heteroatoms. The van der Waals surface area contributed by atoms with Gasteiger partial charge in [0.05, 0.1) is 17.7 Å². The fraction of sp³-hybridized carbons (Fsp3) is 0.0909. The van der Waals surface area contributed by atoms with Crippen LogP contribution in [-0.4, -0.2) is 36.5 Å². The smallest absolute Gasteiger partial charge is 0.255 e. The lowest BCUT2D eigenvalue weighted by atomic mass is 10.2. The predicted octanol–water partition coefficient (Wildman–Crippen LogP) is 3.39. The molecule has 0 bridgehead atoms. The van der Waals surface area contributed by atoms with Crippen LogP contribution in [0.4, 0.5) is 0 Å². The molecule has 160 valence electrons. The van der Waals surface area contributed by atoms with Gasteiger partial charge in [0.25, 0.3) is 5.91 Å². The lowest BCUT2D eigenvalue weighted by molar-refractivity contribution is -0.121. The molecule has 0 aliphatic carbocycles. The second-order valence-corrected chi connectivity index (χ2v) is 8.94. The van der Waals surface area contributed by atoms with Gasteiger partial charge in [-0.3, -0.25) is 4.79 Å².